The number of amides is 1. The summed E-state index contributed by atoms with van der Waals surface area (Å²) in [6, 6.07) is 6.24. The number of methoxy groups -OCH3 is 2. The van der Waals surface area contributed by atoms with Gasteiger partial charge < -0.3 is 14.8 Å². The standard InChI is InChI=1S/C20H24F2N2O3/c1-12-8-18(26-4)19(27-5)9-14(12)11-24(3)13(2)20(25)23-17-7-6-15(21)10-16(17)22/h6-10,13H,11H2,1-5H3,(H,23,25)/t13-/m0/s1. The molecule has 0 saturated heterocycles. The lowest BCUT2D eigenvalue weighted by Crippen LogP contribution is -2.39. The van der Waals surface area contributed by atoms with Gasteiger partial charge in [0.05, 0.1) is 25.9 Å². The highest BCUT2D eigenvalue weighted by molar-refractivity contribution is 5.94. The van der Waals surface area contributed by atoms with Crippen molar-refractivity contribution in [2.75, 3.05) is 26.6 Å². The van der Waals surface area contributed by atoms with Gasteiger partial charge in [-0.1, -0.05) is 0 Å². The van der Waals surface area contributed by atoms with Crippen molar-refractivity contribution in [2.45, 2.75) is 26.4 Å². The van der Waals surface area contributed by atoms with Crippen LogP contribution in [0.5, 0.6) is 11.5 Å². The van der Waals surface area contributed by atoms with Crippen LogP contribution in [0.3, 0.4) is 0 Å². The Morgan fingerprint density at radius 3 is 2.37 bits per heavy atom. The summed E-state index contributed by atoms with van der Waals surface area (Å²) in [5, 5.41) is 2.49. The van der Waals surface area contributed by atoms with E-state index in [1.807, 2.05) is 24.0 Å². The van der Waals surface area contributed by atoms with E-state index in [1.165, 1.54) is 6.07 Å². The minimum absolute atomic E-state index is 0.0519. The average molecular weight is 378 g/mol. The summed E-state index contributed by atoms with van der Waals surface area (Å²) in [5.74, 6) is -0.648. The number of carbonyl (C=O) groups is 1. The molecular weight excluding hydrogens is 354 g/mol. The van der Waals surface area contributed by atoms with E-state index >= 15 is 0 Å². The number of hydrogen-bond donors (Lipinski definition) is 1. The monoisotopic (exact) mass is 378 g/mol. The van der Waals surface area contributed by atoms with Crippen molar-refractivity contribution in [1.82, 2.24) is 4.90 Å². The van der Waals surface area contributed by atoms with E-state index in [4.69, 9.17) is 9.47 Å². The number of anilines is 1. The molecule has 7 heteroatoms. The van der Waals surface area contributed by atoms with E-state index < -0.39 is 17.7 Å². The summed E-state index contributed by atoms with van der Waals surface area (Å²) in [5.41, 5.74) is 1.92. The van der Waals surface area contributed by atoms with E-state index in [-0.39, 0.29) is 11.6 Å². The fourth-order valence-electron chi connectivity index (χ4n) is 2.63. The predicted molar refractivity (Wildman–Crippen MR) is 100 cm³/mol. The molecule has 2 aromatic rings. The first-order chi connectivity index (χ1) is 12.8. The smallest absolute Gasteiger partial charge is 0.241 e. The molecule has 0 spiro atoms. The van der Waals surface area contributed by atoms with Gasteiger partial charge in [-0.3, -0.25) is 9.69 Å². The van der Waals surface area contributed by atoms with Gasteiger partial charge in [0, 0.05) is 12.6 Å². The van der Waals surface area contributed by atoms with Gasteiger partial charge in [0.15, 0.2) is 11.5 Å². The fraction of sp³-hybridized carbons (Fsp3) is 0.350. The Balaban J connectivity index is 2.10. The van der Waals surface area contributed by atoms with E-state index in [2.05, 4.69) is 5.32 Å². The van der Waals surface area contributed by atoms with Gasteiger partial charge >= 0.3 is 0 Å². The van der Waals surface area contributed by atoms with Crippen molar-refractivity contribution < 1.29 is 23.0 Å². The first-order valence-electron chi connectivity index (χ1n) is 8.44. The highest BCUT2D eigenvalue weighted by Crippen LogP contribution is 2.31. The molecule has 2 rings (SSSR count). The van der Waals surface area contributed by atoms with Crippen LogP contribution in [-0.4, -0.2) is 38.1 Å². The lowest BCUT2D eigenvalue weighted by Gasteiger charge is -2.25. The predicted octanol–water partition coefficient (Wildman–Crippen LogP) is 3.75. The Bertz CT molecular complexity index is 827. The van der Waals surface area contributed by atoms with Crippen LogP contribution >= 0.6 is 0 Å². The molecule has 0 aromatic heterocycles. The van der Waals surface area contributed by atoms with Crippen LogP contribution in [0.2, 0.25) is 0 Å². The van der Waals surface area contributed by atoms with E-state index in [1.54, 1.807) is 28.2 Å². The first-order valence-corrected chi connectivity index (χ1v) is 8.44. The van der Waals surface area contributed by atoms with Crippen LogP contribution in [0, 0.1) is 18.6 Å². The SMILES string of the molecule is COc1cc(C)c(CN(C)[C@@H](C)C(=O)Nc2ccc(F)cc2F)cc1OC. The van der Waals surface area contributed by atoms with Crippen molar-refractivity contribution in [2.24, 2.45) is 0 Å². The number of benzene rings is 2. The third kappa shape index (κ3) is 4.95. The number of likely N-dealkylation sites (N-methyl/N-ethyl adjacent to an activating group) is 1. The Morgan fingerprint density at radius 2 is 1.78 bits per heavy atom. The zero-order valence-corrected chi connectivity index (χ0v) is 16.1. The minimum Gasteiger partial charge on any atom is -0.493 e. The zero-order chi connectivity index (χ0) is 20.1. The van der Waals surface area contributed by atoms with E-state index in [9.17, 15) is 13.6 Å². The van der Waals surface area contributed by atoms with Gasteiger partial charge in [-0.05, 0) is 56.3 Å². The second-order valence-electron chi connectivity index (χ2n) is 6.34. The lowest BCUT2D eigenvalue weighted by molar-refractivity contribution is -0.120. The van der Waals surface area contributed by atoms with Gasteiger partial charge in [0.25, 0.3) is 0 Å². The molecular formula is C20H24F2N2O3. The second-order valence-corrected chi connectivity index (χ2v) is 6.34. The van der Waals surface area contributed by atoms with Crippen molar-refractivity contribution in [3.63, 3.8) is 0 Å². The topological polar surface area (TPSA) is 50.8 Å². The van der Waals surface area contributed by atoms with E-state index in [0.717, 1.165) is 23.3 Å². The molecule has 0 fully saturated rings. The van der Waals surface area contributed by atoms with E-state index in [0.29, 0.717) is 18.0 Å². The highest BCUT2D eigenvalue weighted by atomic mass is 19.1. The fourth-order valence-corrected chi connectivity index (χ4v) is 2.63. The van der Waals surface area contributed by atoms with Gasteiger partial charge in [-0.15, -0.1) is 0 Å². The summed E-state index contributed by atoms with van der Waals surface area (Å²) in [7, 11) is 4.93. The zero-order valence-electron chi connectivity index (χ0n) is 16.1. The maximum absolute atomic E-state index is 13.7. The number of aryl methyl sites for hydroxylation is 1. The maximum atomic E-state index is 13.7. The normalized spacial score (nSPS) is 12.0. The van der Waals surface area contributed by atoms with Gasteiger partial charge in [0.1, 0.15) is 11.6 Å². The maximum Gasteiger partial charge on any atom is 0.241 e. The number of rotatable bonds is 7. The number of carbonyl (C=O) groups excluding carboxylic acids is 1. The minimum atomic E-state index is -0.811. The second kappa shape index (κ2) is 8.81. The molecule has 2 aromatic carbocycles. The van der Waals surface area contributed by atoms with Crippen LogP contribution in [0.1, 0.15) is 18.1 Å². The summed E-state index contributed by atoms with van der Waals surface area (Å²) in [6.45, 7) is 4.14. The third-order valence-electron chi connectivity index (χ3n) is 4.49. The Labute approximate surface area is 157 Å². The van der Waals surface area contributed by atoms with Crippen LogP contribution in [-0.2, 0) is 11.3 Å². The molecule has 0 saturated carbocycles. The van der Waals surface area contributed by atoms with Crippen LogP contribution in [0.4, 0.5) is 14.5 Å². The molecule has 5 nitrogen and oxygen atoms in total. The molecule has 0 radical (unpaired) electrons. The quantitative estimate of drug-likeness (QED) is 0.797. The summed E-state index contributed by atoms with van der Waals surface area (Å²) >= 11 is 0. The molecule has 27 heavy (non-hydrogen) atoms. The van der Waals surface area contributed by atoms with Crippen molar-refractivity contribution in [3.05, 3.63) is 53.1 Å². The molecule has 0 heterocycles. The first kappa shape index (κ1) is 20.6. The number of hydrogen-bond acceptors (Lipinski definition) is 4. The lowest BCUT2D eigenvalue weighted by atomic mass is 10.1. The summed E-state index contributed by atoms with van der Waals surface area (Å²) < 4.78 is 37.3. The Morgan fingerprint density at radius 1 is 1.15 bits per heavy atom. The molecule has 0 aliphatic heterocycles. The van der Waals surface area contributed by atoms with Crippen molar-refractivity contribution >= 4 is 11.6 Å². The number of nitrogens with one attached hydrogen (secondary N) is 1. The van der Waals surface area contributed by atoms with Gasteiger partial charge in [-0.2, -0.15) is 0 Å². The Hall–Kier alpha value is -2.67. The van der Waals surface area contributed by atoms with Crippen molar-refractivity contribution in [3.8, 4) is 11.5 Å². The number of nitrogens with zero attached hydrogens (tertiary/aromatic N) is 1. The molecule has 1 amide bonds. The third-order valence-corrected chi connectivity index (χ3v) is 4.49. The highest BCUT2D eigenvalue weighted by Gasteiger charge is 2.21. The molecule has 0 aliphatic carbocycles. The molecule has 0 bridgehead atoms. The number of halogens is 2. The summed E-state index contributed by atoms with van der Waals surface area (Å²) in [6.07, 6.45) is 0. The van der Waals surface area contributed by atoms with Crippen LogP contribution in [0.25, 0.3) is 0 Å². The molecule has 146 valence electrons. The number of ether oxygens (including phenoxy) is 2. The molecule has 0 unspecified atom stereocenters. The summed E-state index contributed by atoms with van der Waals surface area (Å²) in [4.78, 5) is 14.3. The largest absolute Gasteiger partial charge is 0.493 e. The Kier molecular flexibility index (Phi) is 6.74. The van der Waals surface area contributed by atoms with Crippen molar-refractivity contribution in [1.29, 1.82) is 0 Å². The molecule has 1 N–H and O–H groups in total. The van der Waals surface area contributed by atoms with Gasteiger partial charge in [-0.25, -0.2) is 8.78 Å². The van der Waals surface area contributed by atoms with Crippen LogP contribution < -0.4 is 14.8 Å². The molecule has 1 atom stereocenters. The van der Waals surface area contributed by atoms with Crippen LogP contribution in [0.15, 0.2) is 30.3 Å². The molecule has 0 aliphatic rings. The van der Waals surface area contributed by atoms with Gasteiger partial charge in [0.2, 0.25) is 5.91 Å². The average Bonchev–Trinajstić information content (AvgIpc) is 2.64.